The molecule has 1 nitrogen and oxygen atoms in total. The van der Waals surface area contributed by atoms with Gasteiger partial charge in [-0.25, -0.2) is 0 Å². The fraction of sp³-hybridized carbons (Fsp3) is 0.143. The SMILES string of the molecule is OCc1cc(Cl)c(Cl)cc1Br. The summed E-state index contributed by atoms with van der Waals surface area (Å²) < 4.78 is 0.773. The van der Waals surface area contributed by atoms with Gasteiger partial charge in [-0.05, 0) is 17.7 Å². The minimum absolute atomic E-state index is 0.0442. The van der Waals surface area contributed by atoms with E-state index in [4.69, 9.17) is 28.3 Å². The molecule has 0 aliphatic heterocycles. The number of halogens is 3. The highest BCUT2D eigenvalue weighted by Gasteiger charge is 2.03. The van der Waals surface area contributed by atoms with Crippen LogP contribution in [0.25, 0.3) is 0 Å². The highest BCUT2D eigenvalue weighted by atomic mass is 79.9. The monoisotopic (exact) mass is 254 g/mol. The van der Waals surface area contributed by atoms with Gasteiger partial charge in [-0.1, -0.05) is 39.1 Å². The van der Waals surface area contributed by atoms with E-state index >= 15 is 0 Å². The summed E-state index contributed by atoms with van der Waals surface area (Å²) in [7, 11) is 0. The second-order valence-corrected chi connectivity index (χ2v) is 3.68. The number of benzene rings is 1. The molecule has 0 fully saturated rings. The Hall–Kier alpha value is 0.240. The summed E-state index contributed by atoms with van der Waals surface area (Å²) in [6, 6.07) is 3.30. The number of aliphatic hydroxyl groups is 1. The van der Waals surface area contributed by atoms with E-state index in [-0.39, 0.29) is 6.61 Å². The summed E-state index contributed by atoms with van der Waals surface area (Å²) >= 11 is 14.6. The zero-order valence-electron chi connectivity index (χ0n) is 5.44. The van der Waals surface area contributed by atoms with Crippen molar-refractivity contribution in [3.05, 3.63) is 32.2 Å². The molecule has 11 heavy (non-hydrogen) atoms. The summed E-state index contributed by atoms with van der Waals surface area (Å²) in [6.07, 6.45) is 0. The summed E-state index contributed by atoms with van der Waals surface area (Å²) in [5.41, 5.74) is 0.736. The molecule has 0 bridgehead atoms. The van der Waals surface area contributed by atoms with Gasteiger partial charge in [0.1, 0.15) is 0 Å². The van der Waals surface area contributed by atoms with Gasteiger partial charge in [-0.2, -0.15) is 0 Å². The molecule has 0 unspecified atom stereocenters. The van der Waals surface area contributed by atoms with Crippen molar-refractivity contribution in [2.45, 2.75) is 6.61 Å². The Balaban J connectivity index is 3.21. The minimum atomic E-state index is -0.0442. The molecule has 1 aromatic carbocycles. The van der Waals surface area contributed by atoms with Crippen molar-refractivity contribution in [2.24, 2.45) is 0 Å². The molecule has 0 aliphatic carbocycles. The molecule has 0 saturated carbocycles. The minimum Gasteiger partial charge on any atom is -0.392 e. The second kappa shape index (κ2) is 3.76. The topological polar surface area (TPSA) is 20.2 Å². The van der Waals surface area contributed by atoms with Crippen LogP contribution in [0, 0.1) is 0 Å². The third-order valence-corrected chi connectivity index (χ3v) is 2.72. The predicted molar refractivity (Wildman–Crippen MR) is 50.1 cm³/mol. The zero-order chi connectivity index (χ0) is 8.43. The highest BCUT2D eigenvalue weighted by molar-refractivity contribution is 9.10. The number of hydrogen-bond acceptors (Lipinski definition) is 1. The maximum Gasteiger partial charge on any atom is 0.0693 e. The number of hydrogen-bond donors (Lipinski definition) is 1. The van der Waals surface area contributed by atoms with Gasteiger partial charge in [0.15, 0.2) is 0 Å². The Labute approximate surface area is 83.1 Å². The standard InChI is InChI=1S/C7H5BrCl2O/c8-5-2-7(10)6(9)1-4(5)3-11/h1-2,11H,3H2. The Kier molecular flexibility index (Phi) is 3.19. The van der Waals surface area contributed by atoms with E-state index in [1.165, 1.54) is 0 Å². The molecule has 0 spiro atoms. The van der Waals surface area contributed by atoms with E-state index in [1.807, 2.05) is 0 Å². The molecule has 4 heteroatoms. The molecule has 0 heterocycles. The van der Waals surface area contributed by atoms with Crippen LogP contribution in [-0.4, -0.2) is 5.11 Å². The van der Waals surface area contributed by atoms with Crippen LogP contribution in [0.3, 0.4) is 0 Å². The Morgan fingerprint density at radius 2 is 1.82 bits per heavy atom. The fourth-order valence-electron chi connectivity index (χ4n) is 0.685. The quantitative estimate of drug-likeness (QED) is 0.764. The lowest BCUT2D eigenvalue weighted by Crippen LogP contribution is -1.85. The maximum absolute atomic E-state index is 8.80. The third-order valence-electron chi connectivity index (χ3n) is 1.26. The van der Waals surface area contributed by atoms with Crippen LogP contribution in [0.2, 0.25) is 10.0 Å². The van der Waals surface area contributed by atoms with Crippen LogP contribution in [0.4, 0.5) is 0 Å². The van der Waals surface area contributed by atoms with E-state index in [2.05, 4.69) is 15.9 Å². The first-order chi connectivity index (χ1) is 5.15. The van der Waals surface area contributed by atoms with Crippen LogP contribution >= 0.6 is 39.1 Å². The van der Waals surface area contributed by atoms with Gasteiger partial charge in [0.05, 0.1) is 16.7 Å². The smallest absolute Gasteiger partial charge is 0.0693 e. The van der Waals surface area contributed by atoms with Crippen molar-refractivity contribution < 1.29 is 5.11 Å². The lowest BCUT2D eigenvalue weighted by Gasteiger charge is -2.02. The van der Waals surface area contributed by atoms with E-state index < -0.39 is 0 Å². The first-order valence-electron chi connectivity index (χ1n) is 2.89. The Morgan fingerprint density at radius 3 is 2.36 bits per heavy atom. The lowest BCUT2D eigenvalue weighted by molar-refractivity contribution is 0.281. The molecule has 0 atom stereocenters. The zero-order valence-corrected chi connectivity index (χ0v) is 8.54. The predicted octanol–water partition coefficient (Wildman–Crippen LogP) is 3.25. The maximum atomic E-state index is 8.80. The molecule has 0 aromatic heterocycles. The molecule has 0 radical (unpaired) electrons. The number of aliphatic hydroxyl groups excluding tert-OH is 1. The summed E-state index contributed by atoms with van der Waals surface area (Å²) in [4.78, 5) is 0. The molecular weight excluding hydrogens is 251 g/mol. The van der Waals surface area contributed by atoms with Crippen molar-refractivity contribution in [3.63, 3.8) is 0 Å². The van der Waals surface area contributed by atoms with E-state index in [1.54, 1.807) is 12.1 Å². The van der Waals surface area contributed by atoms with Gasteiger partial charge < -0.3 is 5.11 Å². The van der Waals surface area contributed by atoms with Crippen molar-refractivity contribution in [1.82, 2.24) is 0 Å². The van der Waals surface area contributed by atoms with Crippen LogP contribution in [0.5, 0.6) is 0 Å². The second-order valence-electron chi connectivity index (χ2n) is 2.02. The Bertz CT molecular complexity index is 275. The largest absolute Gasteiger partial charge is 0.392 e. The van der Waals surface area contributed by atoms with Crippen LogP contribution in [0.1, 0.15) is 5.56 Å². The van der Waals surface area contributed by atoms with Crippen molar-refractivity contribution >= 4 is 39.1 Å². The van der Waals surface area contributed by atoms with Crippen molar-refractivity contribution in [2.75, 3.05) is 0 Å². The molecule has 60 valence electrons. The molecular formula is C7H5BrCl2O. The van der Waals surface area contributed by atoms with Gasteiger partial charge in [0, 0.05) is 4.47 Å². The normalized spacial score (nSPS) is 10.2. The van der Waals surface area contributed by atoms with Crippen LogP contribution < -0.4 is 0 Å². The fourth-order valence-corrected chi connectivity index (χ4v) is 1.64. The van der Waals surface area contributed by atoms with E-state index in [0.717, 1.165) is 10.0 Å². The third kappa shape index (κ3) is 2.09. The van der Waals surface area contributed by atoms with Gasteiger partial charge in [-0.3, -0.25) is 0 Å². The molecule has 1 rings (SSSR count). The van der Waals surface area contributed by atoms with Gasteiger partial charge >= 0.3 is 0 Å². The lowest BCUT2D eigenvalue weighted by atomic mass is 10.2. The first-order valence-corrected chi connectivity index (χ1v) is 4.44. The van der Waals surface area contributed by atoms with Crippen molar-refractivity contribution in [3.8, 4) is 0 Å². The molecule has 1 aromatic rings. The van der Waals surface area contributed by atoms with E-state index in [9.17, 15) is 0 Å². The highest BCUT2D eigenvalue weighted by Crippen LogP contribution is 2.28. The van der Waals surface area contributed by atoms with Crippen LogP contribution in [-0.2, 0) is 6.61 Å². The molecule has 0 amide bonds. The average Bonchev–Trinajstić information content (AvgIpc) is 1.97. The summed E-state index contributed by atoms with van der Waals surface area (Å²) in [5, 5.41) is 9.74. The van der Waals surface area contributed by atoms with E-state index in [0.29, 0.717) is 10.0 Å². The van der Waals surface area contributed by atoms with Crippen LogP contribution in [0.15, 0.2) is 16.6 Å². The number of rotatable bonds is 1. The van der Waals surface area contributed by atoms with Gasteiger partial charge in [0.25, 0.3) is 0 Å². The van der Waals surface area contributed by atoms with Crippen molar-refractivity contribution in [1.29, 1.82) is 0 Å². The molecule has 1 N–H and O–H groups in total. The van der Waals surface area contributed by atoms with Gasteiger partial charge in [0.2, 0.25) is 0 Å². The van der Waals surface area contributed by atoms with Gasteiger partial charge in [-0.15, -0.1) is 0 Å². The average molecular weight is 256 g/mol. The molecule has 0 saturated heterocycles. The summed E-state index contributed by atoms with van der Waals surface area (Å²) in [5.74, 6) is 0. The Morgan fingerprint density at radius 1 is 1.27 bits per heavy atom. The molecule has 0 aliphatic rings. The first kappa shape index (κ1) is 9.33. The summed E-state index contributed by atoms with van der Waals surface area (Å²) in [6.45, 7) is -0.0442.